The maximum absolute atomic E-state index is 11.5. The Morgan fingerprint density at radius 1 is 1.62 bits per heavy atom. The van der Waals surface area contributed by atoms with Gasteiger partial charge < -0.3 is 9.22 Å². The lowest BCUT2D eigenvalue weighted by molar-refractivity contribution is -0.113. The van der Waals surface area contributed by atoms with Crippen LogP contribution in [-0.4, -0.2) is 25.4 Å². The molecule has 1 heterocycles. The zero-order valence-corrected chi connectivity index (χ0v) is 10.3. The first kappa shape index (κ1) is 11.5. The Morgan fingerprint density at radius 2 is 2.31 bits per heavy atom. The Hall–Kier alpha value is 0.427. The van der Waals surface area contributed by atoms with Crippen molar-refractivity contribution in [3.63, 3.8) is 0 Å². The summed E-state index contributed by atoms with van der Waals surface area (Å²) >= 11 is 11.7. The predicted molar refractivity (Wildman–Crippen MR) is 56.9 cm³/mol. The summed E-state index contributed by atoms with van der Waals surface area (Å²) < 4.78 is 5.44. The smallest absolute Gasteiger partial charge is 0.251 e. The molecule has 3 unspecified atom stereocenters. The SMILES string of the molecule is CCCC(=O)[SiH]1CCC(Cl)C(Cl)O1. The molecule has 5 heteroatoms. The molecule has 1 aliphatic rings. The fraction of sp³-hybridized carbons (Fsp3) is 0.875. The minimum Gasteiger partial charge on any atom is -0.395 e. The number of rotatable bonds is 3. The summed E-state index contributed by atoms with van der Waals surface area (Å²) in [6.45, 7) is 2.00. The van der Waals surface area contributed by atoms with E-state index in [0.29, 0.717) is 6.42 Å². The topological polar surface area (TPSA) is 26.3 Å². The molecule has 1 aliphatic heterocycles. The summed E-state index contributed by atoms with van der Waals surface area (Å²) in [5, 5.41) is 0.163. The average Bonchev–Trinajstić information content (AvgIpc) is 2.10. The molecule has 76 valence electrons. The molecule has 0 saturated carbocycles. The molecule has 0 aromatic carbocycles. The first-order valence-corrected chi connectivity index (χ1v) is 7.35. The van der Waals surface area contributed by atoms with Crippen molar-refractivity contribution in [2.24, 2.45) is 0 Å². The van der Waals surface area contributed by atoms with Gasteiger partial charge in [0.1, 0.15) is 11.0 Å². The van der Waals surface area contributed by atoms with Crippen molar-refractivity contribution >= 4 is 37.6 Å². The van der Waals surface area contributed by atoms with Gasteiger partial charge in [0.15, 0.2) is 0 Å². The van der Waals surface area contributed by atoms with E-state index in [1.54, 1.807) is 0 Å². The van der Waals surface area contributed by atoms with Crippen LogP contribution in [0.3, 0.4) is 0 Å². The number of halogens is 2. The number of hydrogen-bond acceptors (Lipinski definition) is 2. The monoisotopic (exact) mass is 240 g/mol. The van der Waals surface area contributed by atoms with Crippen LogP contribution in [-0.2, 0) is 9.22 Å². The van der Waals surface area contributed by atoms with Gasteiger partial charge in [-0.05, 0) is 18.9 Å². The summed E-state index contributed by atoms with van der Waals surface area (Å²) in [4.78, 5) is 11.5. The second-order valence-corrected chi connectivity index (χ2v) is 6.75. The highest BCUT2D eigenvalue weighted by atomic mass is 35.5. The van der Waals surface area contributed by atoms with Crippen LogP contribution in [0.2, 0.25) is 6.04 Å². The van der Waals surface area contributed by atoms with Crippen molar-refractivity contribution in [2.75, 3.05) is 0 Å². The average molecular weight is 241 g/mol. The Bertz CT molecular complexity index is 189. The Morgan fingerprint density at radius 3 is 2.85 bits per heavy atom. The molecule has 0 N–H and O–H groups in total. The van der Waals surface area contributed by atoms with E-state index in [1.807, 2.05) is 6.92 Å². The second kappa shape index (κ2) is 5.34. The minimum atomic E-state index is -1.69. The van der Waals surface area contributed by atoms with Gasteiger partial charge in [-0.1, -0.05) is 18.5 Å². The van der Waals surface area contributed by atoms with Gasteiger partial charge in [-0.2, -0.15) is 0 Å². The molecule has 3 atom stereocenters. The highest BCUT2D eigenvalue weighted by Crippen LogP contribution is 2.26. The van der Waals surface area contributed by atoms with Crippen molar-refractivity contribution in [3.05, 3.63) is 0 Å². The molecule has 0 aliphatic carbocycles. The molecule has 1 rings (SSSR count). The van der Waals surface area contributed by atoms with Gasteiger partial charge in [0.25, 0.3) is 9.04 Å². The van der Waals surface area contributed by atoms with Crippen molar-refractivity contribution in [3.8, 4) is 0 Å². The van der Waals surface area contributed by atoms with Crippen LogP contribution in [0.15, 0.2) is 0 Å². The minimum absolute atomic E-state index is 0.125. The maximum Gasteiger partial charge on any atom is 0.251 e. The fourth-order valence-electron chi connectivity index (χ4n) is 1.40. The van der Waals surface area contributed by atoms with E-state index < -0.39 is 14.6 Å². The molecule has 0 amide bonds. The summed E-state index contributed by atoms with van der Waals surface area (Å²) in [5.41, 5.74) is -0.451. The van der Waals surface area contributed by atoms with Gasteiger partial charge in [0, 0.05) is 6.42 Å². The van der Waals surface area contributed by atoms with Crippen LogP contribution in [0, 0.1) is 0 Å². The van der Waals surface area contributed by atoms with Gasteiger partial charge >= 0.3 is 0 Å². The molecule has 0 aromatic heterocycles. The van der Waals surface area contributed by atoms with E-state index in [0.717, 1.165) is 18.9 Å². The van der Waals surface area contributed by atoms with E-state index >= 15 is 0 Å². The third kappa shape index (κ3) is 3.24. The lowest BCUT2D eigenvalue weighted by atomic mass is 10.3. The second-order valence-electron chi connectivity index (χ2n) is 3.29. The largest absolute Gasteiger partial charge is 0.395 e. The van der Waals surface area contributed by atoms with E-state index in [2.05, 4.69) is 0 Å². The highest BCUT2D eigenvalue weighted by Gasteiger charge is 2.33. The Kier molecular flexibility index (Phi) is 4.73. The van der Waals surface area contributed by atoms with Crippen LogP contribution >= 0.6 is 23.2 Å². The normalized spacial score (nSPS) is 34.5. The van der Waals surface area contributed by atoms with Crippen LogP contribution in [0.25, 0.3) is 0 Å². The first-order valence-electron chi connectivity index (χ1n) is 4.61. The fourth-order valence-corrected chi connectivity index (χ4v) is 4.78. The molecule has 0 spiro atoms. The zero-order chi connectivity index (χ0) is 9.84. The van der Waals surface area contributed by atoms with Crippen molar-refractivity contribution < 1.29 is 9.22 Å². The standard InChI is InChI=1S/C8H14Cl2O2Si/c1-2-3-7(11)13-5-4-6(9)8(10)12-13/h6,8,13H,2-5H2,1H3. The van der Waals surface area contributed by atoms with Crippen molar-refractivity contribution in [1.82, 2.24) is 0 Å². The number of alkyl halides is 2. The van der Waals surface area contributed by atoms with Crippen LogP contribution in [0.5, 0.6) is 0 Å². The molecule has 1 saturated heterocycles. The number of carbonyl (C=O) groups is 1. The molecule has 0 radical (unpaired) electrons. The van der Waals surface area contributed by atoms with E-state index in [-0.39, 0.29) is 10.8 Å². The third-order valence-electron chi connectivity index (χ3n) is 2.14. The summed E-state index contributed by atoms with van der Waals surface area (Å²) in [6.07, 6.45) is 2.35. The first-order chi connectivity index (χ1) is 6.15. The highest BCUT2D eigenvalue weighted by molar-refractivity contribution is 6.85. The van der Waals surface area contributed by atoms with Crippen LogP contribution in [0.4, 0.5) is 0 Å². The van der Waals surface area contributed by atoms with Crippen LogP contribution in [0.1, 0.15) is 26.2 Å². The van der Waals surface area contributed by atoms with E-state index in [4.69, 9.17) is 27.6 Å². The maximum atomic E-state index is 11.5. The van der Waals surface area contributed by atoms with Gasteiger partial charge in [-0.15, -0.1) is 11.6 Å². The predicted octanol–water partition coefficient (Wildman–Crippen LogP) is 2.21. The molecule has 2 nitrogen and oxygen atoms in total. The molecule has 13 heavy (non-hydrogen) atoms. The van der Waals surface area contributed by atoms with Crippen LogP contribution < -0.4 is 0 Å². The third-order valence-corrected chi connectivity index (χ3v) is 5.78. The quantitative estimate of drug-likeness (QED) is 0.559. The van der Waals surface area contributed by atoms with Crippen molar-refractivity contribution in [1.29, 1.82) is 0 Å². The molecular formula is C8H14Cl2O2Si. The molecule has 1 fully saturated rings. The zero-order valence-electron chi connectivity index (χ0n) is 7.63. The molecular weight excluding hydrogens is 227 g/mol. The van der Waals surface area contributed by atoms with E-state index in [9.17, 15) is 4.79 Å². The Labute approximate surface area is 90.3 Å². The molecule has 0 bridgehead atoms. The van der Waals surface area contributed by atoms with Gasteiger partial charge in [0.2, 0.25) is 0 Å². The summed E-state index contributed by atoms with van der Waals surface area (Å²) in [7, 11) is -1.69. The van der Waals surface area contributed by atoms with E-state index in [1.165, 1.54) is 0 Å². The molecule has 0 aromatic rings. The summed E-state index contributed by atoms with van der Waals surface area (Å²) in [6, 6.07) is 0.843. The van der Waals surface area contributed by atoms with Crippen molar-refractivity contribution in [2.45, 2.75) is 43.2 Å². The van der Waals surface area contributed by atoms with Gasteiger partial charge in [-0.3, -0.25) is 0 Å². The number of carbonyl (C=O) groups excluding carboxylic acids is 1. The summed E-state index contributed by atoms with van der Waals surface area (Å²) in [5.74, 6) is 0. The van der Waals surface area contributed by atoms with Gasteiger partial charge in [-0.25, -0.2) is 0 Å². The van der Waals surface area contributed by atoms with Gasteiger partial charge in [0.05, 0.1) is 5.38 Å². The lowest BCUT2D eigenvalue weighted by Crippen LogP contribution is -2.40. The lowest BCUT2D eigenvalue weighted by Gasteiger charge is -2.28. The Balaban J connectivity index is 2.40. The number of hydrogen-bond donors (Lipinski definition) is 0.